The van der Waals surface area contributed by atoms with Crippen molar-refractivity contribution in [1.29, 1.82) is 0 Å². The highest BCUT2D eigenvalue weighted by Gasteiger charge is 2.15. The molecule has 4 aromatic heterocycles. The third kappa shape index (κ3) is 19.7. The molecule has 0 bridgehead atoms. The van der Waals surface area contributed by atoms with E-state index in [-0.39, 0.29) is 5.28 Å². The number of anilines is 3. The number of aryl methyl sites for hydroxylation is 1. The van der Waals surface area contributed by atoms with Crippen LogP contribution in [0.15, 0.2) is 145 Å². The number of unbranched alkanes of at least 4 members (excludes halogenated alkanes) is 1. The maximum atomic E-state index is 6.19. The van der Waals surface area contributed by atoms with E-state index < -0.39 is 0 Å². The summed E-state index contributed by atoms with van der Waals surface area (Å²) in [5.41, 5.74) is 11.0. The molecule has 0 atom stereocenters. The number of nitrogens with zero attached hydrogens (tertiary/aromatic N) is 6. The molecule has 0 radical (unpaired) electrons. The van der Waals surface area contributed by atoms with Crippen molar-refractivity contribution < 1.29 is 32.5 Å². The number of nitrogens with two attached hydrogens (primary N) is 1. The summed E-state index contributed by atoms with van der Waals surface area (Å²) in [6.07, 6.45) is 18.5. The van der Waals surface area contributed by atoms with Crippen LogP contribution < -0.4 is 20.5 Å². The Labute approximate surface area is 435 Å². The summed E-state index contributed by atoms with van der Waals surface area (Å²) in [5.74, 6) is 5.10. The van der Waals surface area contributed by atoms with Crippen LogP contribution in [0, 0.1) is 0 Å². The summed E-state index contributed by atoms with van der Waals surface area (Å²) >= 11 is 5.70. The fourth-order valence-corrected chi connectivity index (χ4v) is 8.09. The van der Waals surface area contributed by atoms with Crippen LogP contribution in [-0.4, -0.2) is 102 Å². The third-order valence-electron chi connectivity index (χ3n) is 11.5. The molecule has 16 heteroatoms. The molecule has 8 rings (SSSR count). The van der Waals surface area contributed by atoms with Crippen molar-refractivity contribution in [3.63, 3.8) is 0 Å². The molecule has 0 unspecified atom stereocenters. The van der Waals surface area contributed by atoms with Gasteiger partial charge in [-0.05, 0) is 161 Å². The van der Waals surface area contributed by atoms with Crippen LogP contribution in [0.5, 0.6) is 11.5 Å². The summed E-state index contributed by atoms with van der Waals surface area (Å²) in [6.45, 7) is 25.6. The third-order valence-corrected chi connectivity index (χ3v) is 11.7. The van der Waals surface area contributed by atoms with E-state index in [2.05, 4.69) is 67.4 Å². The van der Waals surface area contributed by atoms with Crippen LogP contribution in [0.2, 0.25) is 5.28 Å². The molecule has 2 saturated heterocycles. The molecular weight excluding hydrogens is 944 g/mol. The second-order valence-electron chi connectivity index (χ2n) is 17.2. The fraction of sp³-hybridized carbons (Fsp3) is 0.368. The first-order valence-electron chi connectivity index (χ1n) is 25.0. The zero-order chi connectivity index (χ0) is 51.3. The predicted molar refractivity (Wildman–Crippen MR) is 290 cm³/mol. The quantitative estimate of drug-likeness (QED) is 0.0206. The van der Waals surface area contributed by atoms with Gasteiger partial charge in [0.1, 0.15) is 60.8 Å². The minimum atomic E-state index is 0.198. The number of likely N-dealkylation sites (tertiary alicyclic amines) is 2. The second kappa shape index (κ2) is 31.8. The zero-order valence-electron chi connectivity index (χ0n) is 42.1. The Kier molecular flexibility index (Phi) is 24.3. The van der Waals surface area contributed by atoms with E-state index in [1.807, 2.05) is 66.7 Å². The van der Waals surface area contributed by atoms with Crippen LogP contribution in [0.1, 0.15) is 61.2 Å². The highest BCUT2D eigenvalue weighted by molar-refractivity contribution is 6.28. The molecule has 0 aliphatic carbocycles. The van der Waals surface area contributed by atoms with Gasteiger partial charge in [-0.25, -0.2) is 19.9 Å². The molecule has 2 aliphatic rings. The number of furan rings is 2. The standard InChI is InChI=1S/C29H36N4O3.C16H24N2O2.C12H11ClN2O2/c1-3-5-6-9-23-21-24(10-12-27(23)35-20-18-33-16-7-8-17-33)31-29-30-15-14-26(32-29)28-13-11-25(36-28)22-34-19-4-2;1-2-10-19-13-14-12-15(17)5-6-16(14)20-11-9-18-7-3-4-8-18;1-2-7-16-8-9-3-4-11(17-9)10-5-6-14-12(13)15-10/h3-4,10-15,21H,1-2,5-9,16-20,22H2,(H,30,31,32);2,5-6,12H,1,3-4,7-11,13,17H2;2-6H,1,7-8H2. The Morgan fingerprint density at radius 1 is 0.616 bits per heavy atom. The van der Waals surface area contributed by atoms with Crippen molar-refractivity contribution in [3.8, 4) is 34.4 Å². The molecule has 388 valence electrons. The Morgan fingerprint density at radius 3 is 1.74 bits per heavy atom. The van der Waals surface area contributed by atoms with Crippen molar-refractivity contribution in [3.05, 3.63) is 164 Å². The summed E-state index contributed by atoms with van der Waals surface area (Å²) in [5, 5.41) is 3.54. The number of allylic oxidation sites excluding steroid dienone is 1. The highest BCUT2D eigenvalue weighted by Crippen LogP contribution is 2.28. The molecule has 6 aromatic rings. The van der Waals surface area contributed by atoms with E-state index in [1.165, 1.54) is 57.4 Å². The lowest BCUT2D eigenvalue weighted by atomic mass is 10.1. The van der Waals surface area contributed by atoms with Crippen LogP contribution in [0.4, 0.5) is 17.3 Å². The number of nitrogen functional groups attached to an aromatic ring is 1. The van der Waals surface area contributed by atoms with Crippen molar-refractivity contribution >= 4 is 28.9 Å². The van der Waals surface area contributed by atoms with Gasteiger partial charge in [0.05, 0.1) is 26.4 Å². The zero-order valence-corrected chi connectivity index (χ0v) is 42.8. The molecule has 2 aromatic carbocycles. The Hall–Kier alpha value is -6.59. The lowest BCUT2D eigenvalue weighted by Gasteiger charge is -2.17. The molecule has 3 N–H and O–H groups in total. The highest BCUT2D eigenvalue weighted by atomic mass is 35.5. The van der Waals surface area contributed by atoms with Gasteiger partial charge in [0.25, 0.3) is 0 Å². The smallest absolute Gasteiger partial charge is 0.227 e. The van der Waals surface area contributed by atoms with Gasteiger partial charge < -0.3 is 43.6 Å². The number of halogens is 1. The van der Waals surface area contributed by atoms with E-state index in [0.717, 1.165) is 72.3 Å². The number of ether oxygens (including phenoxy) is 5. The molecule has 6 heterocycles. The van der Waals surface area contributed by atoms with Gasteiger partial charge in [-0.3, -0.25) is 9.80 Å². The molecule has 0 saturated carbocycles. The minimum absolute atomic E-state index is 0.198. The summed E-state index contributed by atoms with van der Waals surface area (Å²) < 4.78 is 39.7. The summed E-state index contributed by atoms with van der Waals surface area (Å²) in [4.78, 5) is 21.8. The van der Waals surface area contributed by atoms with Gasteiger partial charge in [0, 0.05) is 42.4 Å². The van der Waals surface area contributed by atoms with Gasteiger partial charge in [-0.1, -0.05) is 24.3 Å². The first-order valence-corrected chi connectivity index (χ1v) is 25.4. The van der Waals surface area contributed by atoms with Gasteiger partial charge in [-0.15, -0.1) is 26.3 Å². The molecule has 15 nitrogen and oxygen atoms in total. The maximum absolute atomic E-state index is 6.19. The second-order valence-corrected chi connectivity index (χ2v) is 17.5. The first-order chi connectivity index (χ1) is 35.8. The normalized spacial score (nSPS) is 13.3. The van der Waals surface area contributed by atoms with Crippen molar-refractivity contribution in [2.45, 2.75) is 64.8 Å². The number of hydrogen-bond acceptors (Lipinski definition) is 15. The largest absolute Gasteiger partial charge is 0.492 e. The fourth-order valence-electron chi connectivity index (χ4n) is 7.95. The number of aromatic nitrogens is 4. The summed E-state index contributed by atoms with van der Waals surface area (Å²) in [7, 11) is 0. The van der Waals surface area contributed by atoms with Crippen molar-refractivity contribution in [2.24, 2.45) is 0 Å². The maximum Gasteiger partial charge on any atom is 0.227 e. The minimum Gasteiger partial charge on any atom is -0.492 e. The first kappa shape index (κ1) is 55.7. The van der Waals surface area contributed by atoms with Gasteiger partial charge in [0.2, 0.25) is 11.2 Å². The van der Waals surface area contributed by atoms with Crippen LogP contribution >= 0.6 is 11.6 Å². The molecule has 0 spiro atoms. The van der Waals surface area contributed by atoms with E-state index in [4.69, 9.17) is 49.9 Å². The van der Waals surface area contributed by atoms with E-state index in [0.29, 0.717) is 81.7 Å². The molecule has 0 amide bonds. The molecular formula is C57H71ClN8O7. The summed E-state index contributed by atoms with van der Waals surface area (Å²) in [6, 6.07) is 22.9. The van der Waals surface area contributed by atoms with Crippen molar-refractivity contribution in [2.75, 3.05) is 83.4 Å². The Morgan fingerprint density at radius 2 is 1.16 bits per heavy atom. The Bertz CT molecular complexity index is 2590. The lowest BCUT2D eigenvalue weighted by molar-refractivity contribution is 0.132. The Balaban J connectivity index is 0.000000197. The van der Waals surface area contributed by atoms with Gasteiger partial charge >= 0.3 is 0 Å². The predicted octanol–water partition coefficient (Wildman–Crippen LogP) is 11.7. The van der Waals surface area contributed by atoms with E-state index >= 15 is 0 Å². The van der Waals surface area contributed by atoms with Crippen LogP contribution in [-0.2, 0) is 40.5 Å². The SMILES string of the molecule is C=CCCCc1cc(Nc2nccc(-c3ccc(COCC=C)o3)n2)ccc1OCCN1CCCC1.C=CCOCc1cc(N)ccc1OCCN1CCCC1.C=CCOCc1ccc(-c2ccnc(Cl)n2)o1. The number of benzene rings is 2. The molecule has 2 fully saturated rings. The number of hydrogen-bond donors (Lipinski definition) is 2. The average molecular weight is 1020 g/mol. The van der Waals surface area contributed by atoms with Crippen molar-refractivity contribution in [1.82, 2.24) is 29.7 Å². The monoisotopic (exact) mass is 1010 g/mol. The number of rotatable bonds is 28. The average Bonchev–Trinajstić information content (AvgIpc) is 4.27. The topological polar surface area (TPSA) is 169 Å². The van der Waals surface area contributed by atoms with E-state index in [9.17, 15) is 0 Å². The van der Waals surface area contributed by atoms with Crippen LogP contribution in [0.3, 0.4) is 0 Å². The molecule has 2 aliphatic heterocycles. The van der Waals surface area contributed by atoms with Crippen LogP contribution in [0.25, 0.3) is 22.9 Å². The lowest BCUT2D eigenvalue weighted by Crippen LogP contribution is -2.25. The molecule has 73 heavy (non-hydrogen) atoms. The number of nitrogens with one attached hydrogen (secondary N) is 1. The van der Waals surface area contributed by atoms with Gasteiger partial charge in [-0.2, -0.15) is 0 Å². The van der Waals surface area contributed by atoms with Gasteiger partial charge in [0.15, 0.2) is 11.5 Å². The van der Waals surface area contributed by atoms with E-state index in [1.54, 1.807) is 36.7 Å².